The second kappa shape index (κ2) is 5.78. The Labute approximate surface area is 147 Å². The molecular formula is C19H26F2N4. The van der Waals surface area contributed by atoms with Crippen molar-refractivity contribution in [2.45, 2.75) is 69.2 Å². The van der Waals surface area contributed by atoms with Crippen molar-refractivity contribution in [3.8, 4) is 0 Å². The van der Waals surface area contributed by atoms with E-state index < -0.39 is 11.8 Å². The minimum absolute atomic E-state index is 0.0735. The van der Waals surface area contributed by atoms with Crippen LogP contribution in [0.3, 0.4) is 0 Å². The van der Waals surface area contributed by atoms with Crippen molar-refractivity contribution in [2.75, 3.05) is 17.2 Å². The summed E-state index contributed by atoms with van der Waals surface area (Å²) in [6, 6.07) is 2.59. The average Bonchev–Trinajstić information content (AvgIpc) is 3.53. The van der Waals surface area contributed by atoms with Gasteiger partial charge in [0.1, 0.15) is 17.5 Å². The van der Waals surface area contributed by atoms with Gasteiger partial charge in [0.25, 0.3) is 5.92 Å². The number of rotatable bonds is 8. The maximum atomic E-state index is 12.9. The highest BCUT2D eigenvalue weighted by atomic mass is 19.3. The van der Waals surface area contributed by atoms with Gasteiger partial charge in [-0.25, -0.2) is 18.7 Å². The molecule has 5 rings (SSSR count). The van der Waals surface area contributed by atoms with Gasteiger partial charge in [0.05, 0.1) is 0 Å². The lowest BCUT2D eigenvalue weighted by molar-refractivity contribution is 0.0968. The summed E-state index contributed by atoms with van der Waals surface area (Å²) in [5, 5.41) is 6.95. The van der Waals surface area contributed by atoms with Crippen LogP contribution in [-0.4, -0.2) is 28.5 Å². The summed E-state index contributed by atoms with van der Waals surface area (Å²) in [5.41, 5.74) is 0. The molecule has 0 saturated heterocycles. The van der Waals surface area contributed by atoms with Gasteiger partial charge in [-0.2, -0.15) is 0 Å². The van der Waals surface area contributed by atoms with Gasteiger partial charge >= 0.3 is 0 Å². The van der Waals surface area contributed by atoms with E-state index in [0.29, 0.717) is 24.9 Å². The molecule has 4 atom stereocenters. The normalized spacial score (nSPS) is 34.5. The maximum absolute atomic E-state index is 12.9. The summed E-state index contributed by atoms with van der Waals surface area (Å²) in [6.45, 7) is 0.696. The molecule has 25 heavy (non-hydrogen) atoms. The van der Waals surface area contributed by atoms with Crippen molar-refractivity contribution < 1.29 is 8.78 Å². The molecule has 2 N–H and O–H groups in total. The van der Waals surface area contributed by atoms with Crippen molar-refractivity contribution in [1.82, 2.24) is 9.97 Å². The van der Waals surface area contributed by atoms with Crippen molar-refractivity contribution in [3.63, 3.8) is 0 Å². The fourth-order valence-corrected chi connectivity index (χ4v) is 4.51. The Kier molecular flexibility index (Phi) is 3.64. The molecule has 0 spiro atoms. The molecule has 4 aliphatic rings. The molecule has 4 aliphatic carbocycles. The van der Waals surface area contributed by atoms with E-state index >= 15 is 0 Å². The molecule has 4 saturated carbocycles. The third-order valence-corrected chi connectivity index (χ3v) is 6.40. The number of nitrogens with zero attached hydrogens (tertiary/aromatic N) is 2. The Hall–Kier alpha value is -1.46. The first kappa shape index (κ1) is 15.8. The van der Waals surface area contributed by atoms with Crippen LogP contribution in [0.5, 0.6) is 0 Å². The Morgan fingerprint density at radius 1 is 1.08 bits per heavy atom. The van der Waals surface area contributed by atoms with E-state index in [4.69, 9.17) is 4.98 Å². The zero-order valence-electron chi connectivity index (χ0n) is 14.5. The van der Waals surface area contributed by atoms with Gasteiger partial charge in [-0.1, -0.05) is 6.42 Å². The molecule has 2 unspecified atom stereocenters. The molecule has 1 aromatic rings. The number of hydrogen-bond acceptors (Lipinski definition) is 4. The first-order valence-electron chi connectivity index (χ1n) is 9.87. The number of alkyl halides is 2. The van der Waals surface area contributed by atoms with Crippen LogP contribution >= 0.6 is 0 Å². The van der Waals surface area contributed by atoms with Gasteiger partial charge in [-0.3, -0.25) is 0 Å². The Bertz CT molecular complexity index is 651. The smallest absolute Gasteiger partial charge is 0.251 e. The van der Waals surface area contributed by atoms with Crippen LogP contribution in [0.25, 0.3) is 0 Å². The van der Waals surface area contributed by atoms with E-state index in [1.807, 2.05) is 6.07 Å². The highest BCUT2D eigenvalue weighted by molar-refractivity contribution is 5.50. The first-order chi connectivity index (χ1) is 12.1. The zero-order chi connectivity index (χ0) is 17.0. The summed E-state index contributed by atoms with van der Waals surface area (Å²) in [5.74, 6) is 2.12. The van der Waals surface area contributed by atoms with E-state index in [0.717, 1.165) is 35.7 Å². The van der Waals surface area contributed by atoms with Gasteiger partial charge in [0, 0.05) is 36.9 Å². The first-order valence-corrected chi connectivity index (χ1v) is 9.87. The van der Waals surface area contributed by atoms with Crippen LogP contribution in [-0.2, 0) is 0 Å². The number of anilines is 2. The highest BCUT2D eigenvalue weighted by Crippen LogP contribution is 2.53. The lowest BCUT2D eigenvalue weighted by Crippen LogP contribution is -2.13. The largest absolute Gasteiger partial charge is 0.370 e. The summed E-state index contributed by atoms with van der Waals surface area (Å²) in [4.78, 5) is 9.37. The van der Waals surface area contributed by atoms with E-state index in [-0.39, 0.29) is 6.42 Å². The number of aromatic nitrogens is 2. The summed E-state index contributed by atoms with van der Waals surface area (Å²) >= 11 is 0. The Morgan fingerprint density at radius 2 is 1.80 bits per heavy atom. The Morgan fingerprint density at radius 3 is 2.48 bits per heavy atom. The fourth-order valence-electron chi connectivity index (χ4n) is 4.51. The number of halogens is 2. The molecular weight excluding hydrogens is 322 g/mol. The SMILES string of the molecule is FC1(F)CC1CCCNc1cc(NC2[C@H]3CCC[C@@H]23)nc(C2CC2)n1. The van der Waals surface area contributed by atoms with Gasteiger partial charge < -0.3 is 10.6 Å². The van der Waals surface area contributed by atoms with Crippen LogP contribution < -0.4 is 10.6 Å². The minimum Gasteiger partial charge on any atom is -0.370 e. The fraction of sp³-hybridized carbons (Fsp3) is 0.789. The molecule has 0 radical (unpaired) electrons. The third kappa shape index (κ3) is 3.32. The second-order valence-electron chi connectivity index (χ2n) is 8.43. The van der Waals surface area contributed by atoms with E-state index in [1.54, 1.807) is 0 Å². The number of fused-ring (bicyclic) bond motifs is 1. The molecule has 1 aromatic heterocycles. The van der Waals surface area contributed by atoms with Crippen LogP contribution in [0.1, 0.15) is 63.1 Å². The van der Waals surface area contributed by atoms with Crippen LogP contribution in [0.4, 0.5) is 20.4 Å². The predicted molar refractivity (Wildman–Crippen MR) is 93.0 cm³/mol. The van der Waals surface area contributed by atoms with Crippen molar-refractivity contribution in [3.05, 3.63) is 11.9 Å². The van der Waals surface area contributed by atoms with Crippen molar-refractivity contribution >= 4 is 11.6 Å². The lowest BCUT2D eigenvalue weighted by Gasteiger charge is -2.12. The van der Waals surface area contributed by atoms with Crippen LogP contribution in [0, 0.1) is 17.8 Å². The standard InChI is InChI=1S/C19H26F2N4/c20-19(21)10-12(19)3-2-8-22-15-9-16(25-18(24-15)11-6-7-11)23-17-13-4-1-5-14(13)17/h9,11-14,17H,1-8,10H2,(H2,22,23,24,25)/t12?,13-,14+,17?. The topological polar surface area (TPSA) is 49.8 Å². The molecule has 6 heteroatoms. The van der Waals surface area contributed by atoms with E-state index in [9.17, 15) is 8.78 Å². The monoisotopic (exact) mass is 348 g/mol. The van der Waals surface area contributed by atoms with E-state index in [1.165, 1.54) is 32.1 Å². The van der Waals surface area contributed by atoms with Gasteiger partial charge in [0.2, 0.25) is 0 Å². The third-order valence-electron chi connectivity index (χ3n) is 6.40. The molecule has 0 aromatic carbocycles. The number of nitrogens with one attached hydrogen (secondary N) is 2. The molecule has 0 bridgehead atoms. The molecule has 1 heterocycles. The summed E-state index contributed by atoms with van der Waals surface area (Å²) in [6.07, 6.45) is 7.85. The molecule has 4 nitrogen and oxygen atoms in total. The molecule has 4 fully saturated rings. The van der Waals surface area contributed by atoms with Crippen LogP contribution in [0.15, 0.2) is 6.07 Å². The minimum atomic E-state index is -2.40. The average molecular weight is 348 g/mol. The molecule has 0 amide bonds. The summed E-state index contributed by atoms with van der Waals surface area (Å²) in [7, 11) is 0. The van der Waals surface area contributed by atoms with Crippen molar-refractivity contribution in [1.29, 1.82) is 0 Å². The van der Waals surface area contributed by atoms with Crippen molar-refractivity contribution in [2.24, 2.45) is 17.8 Å². The van der Waals surface area contributed by atoms with Gasteiger partial charge in [-0.05, 0) is 50.4 Å². The maximum Gasteiger partial charge on any atom is 0.251 e. The van der Waals surface area contributed by atoms with Crippen LogP contribution in [0.2, 0.25) is 0 Å². The molecule has 0 aliphatic heterocycles. The van der Waals surface area contributed by atoms with Gasteiger partial charge in [-0.15, -0.1) is 0 Å². The lowest BCUT2D eigenvalue weighted by atomic mass is 10.2. The predicted octanol–water partition coefficient (Wildman–Crippen LogP) is 4.41. The van der Waals surface area contributed by atoms with Gasteiger partial charge in [0.15, 0.2) is 0 Å². The zero-order valence-corrected chi connectivity index (χ0v) is 14.5. The Balaban J connectivity index is 1.18. The molecule has 136 valence electrons. The number of hydrogen-bond donors (Lipinski definition) is 2. The van der Waals surface area contributed by atoms with E-state index in [2.05, 4.69) is 15.6 Å². The summed E-state index contributed by atoms with van der Waals surface area (Å²) < 4.78 is 25.8. The quantitative estimate of drug-likeness (QED) is 0.683. The highest BCUT2D eigenvalue weighted by Gasteiger charge is 2.55. The second-order valence-corrected chi connectivity index (χ2v) is 8.43.